The standard InChI is InChI=1S/C8H5ClN4S/c9-6-4-10-5-7(13-6)14-8-11-2-1-3-12-8/h1-5H. The zero-order chi connectivity index (χ0) is 9.80. The van der Waals surface area contributed by atoms with Crippen molar-refractivity contribution in [3.8, 4) is 0 Å². The van der Waals surface area contributed by atoms with Crippen molar-refractivity contribution < 1.29 is 0 Å². The first-order valence-corrected chi connectivity index (χ1v) is 4.96. The van der Waals surface area contributed by atoms with E-state index in [9.17, 15) is 0 Å². The third-order valence-electron chi connectivity index (χ3n) is 1.32. The van der Waals surface area contributed by atoms with Crippen LogP contribution < -0.4 is 0 Å². The number of rotatable bonds is 2. The van der Waals surface area contributed by atoms with Crippen molar-refractivity contribution in [1.82, 2.24) is 19.9 Å². The van der Waals surface area contributed by atoms with Crippen LogP contribution in [0.5, 0.6) is 0 Å². The molecule has 0 radical (unpaired) electrons. The largest absolute Gasteiger partial charge is 0.259 e. The lowest BCUT2D eigenvalue weighted by molar-refractivity contribution is 0.955. The molecule has 4 nitrogen and oxygen atoms in total. The second-order valence-corrected chi connectivity index (χ2v) is 3.69. The van der Waals surface area contributed by atoms with Gasteiger partial charge in [-0.15, -0.1) is 0 Å². The maximum Gasteiger partial charge on any atom is 0.193 e. The van der Waals surface area contributed by atoms with Gasteiger partial charge >= 0.3 is 0 Å². The quantitative estimate of drug-likeness (QED) is 0.731. The molecular weight excluding hydrogens is 220 g/mol. The highest BCUT2D eigenvalue weighted by molar-refractivity contribution is 7.99. The second-order valence-electron chi connectivity index (χ2n) is 2.31. The summed E-state index contributed by atoms with van der Waals surface area (Å²) in [5, 5.41) is 1.68. The van der Waals surface area contributed by atoms with Crippen molar-refractivity contribution in [1.29, 1.82) is 0 Å². The van der Waals surface area contributed by atoms with E-state index in [4.69, 9.17) is 11.6 Å². The minimum Gasteiger partial charge on any atom is -0.259 e. The van der Waals surface area contributed by atoms with Crippen LogP contribution in [0.4, 0.5) is 0 Å². The normalized spacial score (nSPS) is 10.1. The van der Waals surface area contributed by atoms with Gasteiger partial charge < -0.3 is 0 Å². The summed E-state index contributed by atoms with van der Waals surface area (Å²) in [6, 6.07) is 1.76. The summed E-state index contributed by atoms with van der Waals surface area (Å²) >= 11 is 7.00. The number of aromatic nitrogens is 4. The van der Waals surface area contributed by atoms with E-state index in [-0.39, 0.29) is 0 Å². The Morgan fingerprint density at radius 3 is 2.64 bits per heavy atom. The fourth-order valence-electron chi connectivity index (χ4n) is 0.806. The molecule has 14 heavy (non-hydrogen) atoms. The van der Waals surface area contributed by atoms with E-state index < -0.39 is 0 Å². The maximum atomic E-state index is 5.68. The molecule has 0 aliphatic carbocycles. The van der Waals surface area contributed by atoms with E-state index in [0.717, 1.165) is 0 Å². The molecule has 0 amide bonds. The molecule has 0 atom stereocenters. The molecule has 2 aromatic rings. The molecule has 2 rings (SSSR count). The first-order chi connectivity index (χ1) is 6.84. The van der Waals surface area contributed by atoms with Crippen LogP contribution in [-0.4, -0.2) is 19.9 Å². The fraction of sp³-hybridized carbons (Fsp3) is 0. The summed E-state index contributed by atoms with van der Waals surface area (Å²) in [6.07, 6.45) is 6.45. The molecule has 0 unspecified atom stereocenters. The van der Waals surface area contributed by atoms with Crippen molar-refractivity contribution in [2.45, 2.75) is 10.2 Å². The molecule has 0 spiro atoms. The lowest BCUT2D eigenvalue weighted by Crippen LogP contribution is -1.86. The highest BCUT2D eigenvalue weighted by atomic mass is 35.5. The summed E-state index contributed by atoms with van der Waals surface area (Å²) in [5.74, 6) is 0. The Morgan fingerprint density at radius 2 is 1.93 bits per heavy atom. The van der Waals surface area contributed by atoms with Gasteiger partial charge in [-0.3, -0.25) is 4.98 Å². The number of halogens is 1. The molecule has 0 saturated heterocycles. The molecule has 0 saturated carbocycles. The van der Waals surface area contributed by atoms with Crippen molar-refractivity contribution in [2.75, 3.05) is 0 Å². The first kappa shape index (κ1) is 9.36. The Hall–Kier alpha value is -1.20. The van der Waals surface area contributed by atoms with Crippen molar-refractivity contribution >= 4 is 23.4 Å². The van der Waals surface area contributed by atoms with Gasteiger partial charge in [0.15, 0.2) is 5.16 Å². The molecule has 0 aromatic carbocycles. The average molecular weight is 225 g/mol. The van der Waals surface area contributed by atoms with Crippen LogP contribution in [0.15, 0.2) is 41.0 Å². The van der Waals surface area contributed by atoms with Gasteiger partial charge in [0.1, 0.15) is 10.2 Å². The van der Waals surface area contributed by atoms with Gasteiger partial charge in [0.2, 0.25) is 0 Å². The van der Waals surface area contributed by atoms with Gasteiger partial charge in [0, 0.05) is 12.4 Å². The Labute approximate surface area is 89.8 Å². The molecular formula is C8H5ClN4S. The van der Waals surface area contributed by atoms with E-state index in [1.54, 1.807) is 24.7 Å². The Bertz CT molecular complexity index is 423. The van der Waals surface area contributed by atoms with E-state index >= 15 is 0 Å². The van der Waals surface area contributed by atoms with Gasteiger partial charge in [-0.2, -0.15) is 0 Å². The van der Waals surface area contributed by atoms with Gasteiger partial charge in [0.05, 0.1) is 12.4 Å². The zero-order valence-electron chi connectivity index (χ0n) is 6.96. The van der Waals surface area contributed by atoms with Crippen molar-refractivity contribution in [3.63, 3.8) is 0 Å². The van der Waals surface area contributed by atoms with E-state index in [1.807, 2.05) is 0 Å². The second kappa shape index (κ2) is 4.34. The Morgan fingerprint density at radius 1 is 1.14 bits per heavy atom. The van der Waals surface area contributed by atoms with Crippen LogP contribution in [0.1, 0.15) is 0 Å². The minimum absolute atomic E-state index is 0.367. The smallest absolute Gasteiger partial charge is 0.193 e. The molecule has 0 bridgehead atoms. The molecule has 2 heterocycles. The van der Waals surface area contributed by atoms with E-state index in [2.05, 4.69) is 19.9 Å². The zero-order valence-corrected chi connectivity index (χ0v) is 8.53. The number of hydrogen-bond donors (Lipinski definition) is 0. The molecule has 6 heteroatoms. The van der Waals surface area contributed by atoms with Crippen molar-refractivity contribution in [2.24, 2.45) is 0 Å². The van der Waals surface area contributed by atoms with Crippen LogP contribution in [0.3, 0.4) is 0 Å². The third kappa shape index (κ3) is 2.40. The van der Waals surface area contributed by atoms with Gasteiger partial charge in [-0.1, -0.05) is 11.6 Å². The predicted octanol–water partition coefficient (Wildman–Crippen LogP) is 2.07. The lowest BCUT2D eigenvalue weighted by Gasteiger charge is -1.97. The maximum absolute atomic E-state index is 5.68. The SMILES string of the molecule is Clc1cncc(Sc2ncccn2)n1. The molecule has 0 aliphatic heterocycles. The van der Waals surface area contributed by atoms with Crippen LogP contribution >= 0.6 is 23.4 Å². The van der Waals surface area contributed by atoms with Crippen molar-refractivity contribution in [3.05, 3.63) is 36.0 Å². The summed E-state index contributed by atoms with van der Waals surface area (Å²) in [5.41, 5.74) is 0. The molecule has 0 N–H and O–H groups in total. The van der Waals surface area contributed by atoms with Gasteiger partial charge in [-0.25, -0.2) is 15.0 Å². The predicted molar refractivity (Wildman–Crippen MR) is 53.2 cm³/mol. The number of hydrogen-bond acceptors (Lipinski definition) is 5. The Kier molecular flexibility index (Phi) is 2.90. The topological polar surface area (TPSA) is 51.6 Å². The summed E-state index contributed by atoms with van der Waals surface area (Å²) < 4.78 is 0. The van der Waals surface area contributed by atoms with Crippen LogP contribution in [0.25, 0.3) is 0 Å². The number of nitrogens with zero attached hydrogens (tertiary/aromatic N) is 4. The van der Waals surface area contributed by atoms with E-state index in [1.165, 1.54) is 18.0 Å². The summed E-state index contributed by atoms with van der Waals surface area (Å²) in [7, 11) is 0. The van der Waals surface area contributed by atoms with E-state index in [0.29, 0.717) is 15.3 Å². The summed E-state index contributed by atoms with van der Waals surface area (Å²) in [4.78, 5) is 16.1. The molecule has 70 valence electrons. The van der Waals surface area contributed by atoms with Gasteiger partial charge in [-0.05, 0) is 17.8 Å². The molecule has 2 aromatic heterocycles. The fourth-order valence-corrected chi connectivity index (χ4v) is 1.68. The first-order valence-electron chi connectivity index (χ1n) is 3.77. The molecule has 0 aliphatic rings. The van der Waals surface area contributed by atoms with Gasteiger partial charge in [0.25, 0.3) is 0 Å². The highest BCUT2D eigenvalue weighted by Gasteiger charge is 2.01. The highest BCUT2D eigenvalue weighted by Crippen LogP contribution is 2.21. The average Bonchev–Trinajstić information content (AvgIpc) is 2.19. The summed E-state index contributed by atoms with van der Waals surface area (Å²) in [6.45, 7) is 0. The van der Waals surface area contributed by atoms with Crippen LogP contribution in [0.2, 0.25) is 5.15 Å². The monoisotopic (exact) mass is 224 g/mol. The Balaban J connectivity index is 2.19. The van der Waals surface area contributed by atoms with Crippen LogP contribution in [-0.2, 0) is 0 Å². The molecule has 0 fully saturated rings. The minimum atomic E-state index is 0.367. The van der Waals surface area contributed by atoms with Crippen LogP contribution in [0, 0.1) is 0 Å². The lowest BCUT2D eigenvalue weighted by atomic mass is 10.7. The third-order valence-corrected chi connectivity index (χ3v) is 2.30.